The third-order valence-electron chi connectivity index (χ3n) is 5.57. The van der Waals surface area contributed by atoms with Gasteiger partial charge in [0.1, 0.15) is 0 Å². The summed E-state index contributed by atoms with van der Waals surface area (Å²) in [7, 11) is 0. The fourth-order valence-corrected chi connectivity index (χ4v) is 8.48. The minimum atomic E-state index is -4.97. The van der Waals surface area contributed by atoms with E-state index in [1.165, 1.54) is 34.8 Å². The van der Waals surface area contributed by atoms with Crippen LogP contribution in [0.3, 0.4) is 0 Å². The lowest BCUT2D eigenvalue weighted by molar-refractivity contribution is -0.141. The number of hydrogen-bond donors (Lipinski definition) is 0. The molecule has 3 aromatic carbocycles. The Kier molecular flexibility index (Phi) is 6.95. The molecule has 0 aliphatic heterocycles. The van der Waals surface area contributed by atoms with Crippen LogP contribution in [-0.2, 0) is 12.4 Å². The zero-order chi connectivity index (χ0) is 26.2. The van der Waals surface area contributed by atoms with Crippen molar-refractivity contribution in [1.29, 1.82) is 0 Å². The van der Waals surface area contributed by atoms with Crippen LogP contribution < -0.4 is 0 Å². The van der Waals surface area contributed by atoms with Crippen molar-refractivity contribution in [3.63, 3.8) is 0 Å². The molecule has 2 heterocycles. The second-order valence-corrected chi connectivity index (χ2v) is 12.9. The molecule has 0 atom stereocenters. The number of benzene rings is 3. The summed E-state index contributed by atoms with van der Waals surface area (Å²) in [6, 6.07) is 9.71. The number of thiophene rings is 2. The number of alkyl halides is 6. The lowest BCUT2D eigenvalue weighted by Gasteiger charge is -2.26. The van der Waals surface area contributed by atoms with Crippen molar-refractivity contribution in [3.8, 4) is 22.3 Å². The maximum Gasteiger partial charge on any atom is 0.418 e. The smallest absolute Gasteiger partial charge is 0.166 e. The van der Waals surface area contributed by atoms with Gasteiger partial charge in [-0.3, -0.25) is 0 Å². The van der Waals surface area contributed by atoms with E-state index in [9.17, 15) is 26.3 Å². The molecule has 0 spiro atoms. The Morgan fingerprint density at radius 2 is 0.917 bits per heavy atom. The molecule has 0 amide bonds. The molecule has 0 fully saturated rings. The maximum atomic E-state index is 14.6. The van der Waals surface area contributed by atoms with Crippen LogP contribution in [0.25, 0.3) is 42.4 Å². The molecule has 0 nitrogen and oxygen atoms in total. The quantitative estimate of drug-likeness (QED) is 0.156. The van der Waals surface area contributed by atoms with E-state index in [0.717, 1.165) is 10.8 Å². The fourth-order valence-electron chi connectivity index (χ4n) is 4.07. The van der Waals surface area contributed by atoms with Crippen LogP contribution in [0.1, 0.15) is 11.1 Å². The number of rotatable bonds is 2. The Hall–Kier alpha value is -0.920. The minimum absolute atomic E-state index is 0.00493. The van der Waals surface area contributed by atoms with E-state index in [2.05, 4.69) is 63.7 Å². The van der Waals surface area contributed by atoms with Gasteiger partial charge in [-0.15, -0.1) is 22.7 Å². The summed E-state index contributed by atoms with van der Waals surface area (Å²) in [4.78, 5) is 0. The van der Waals surface area contributed by atoms with Gasteiger partial charge in [-0.25, -0.2) is 0 Å². The molecule has 0 N–H and O–H groups in total. The Balaban J connectivity index is 1.98. The topological polar surface area (TPSA) is 0 Å². The molecule has 0 saturated heterocycles. The van der Waals surface area contributed by atoms with Crippen molar-refractivity contribution < 1.29 is 26.3 Å². The summed E-state index contributed by atoms with van der Waals surface area (Å²) in [6.07, 6.45) is -9.95. The van der Waals surface area contributed by atoms with Crippen LogP contribution in [0.4, 0.5) is 26.3 Å². The SMILES string of the molecule is FC(F)(F)c1c(Br)c(-c2cc3sccc3cc2Br)c(C(F)(F)F)c(Br)c1-c1cc2sccc2cc1Br. The molecule has 5 aromatic rings. The van der Waals surface area contributed by atoms with Crippen LogP contribution in [-0.4, -0.2) is 0 Å². The zero-order valence-corrected chi connectivity index (χ0v) is 25.2. The van der Waals surface area contributed by atoms with Crippen molar-refractivity contribution in [2.75, 3.05) is 0 Å². The van der Waals surface area contributed by atoms with Gasteiger partial charge in [0.05, 0.1) is 11.1 Å². The molecule has 12 heteroatoms. The van der Waals surface area contributed by atoms with Gasteiger partial charge >= 0.3 is 12.4 Å². The first-order valence-corrected chi connectivity index (χ1v) is 14.8. The monoisotopic (exact) mass is 790 g/mol. The van der Waals surface area contributed by atoms with Crippen LogP contribution in [0.15, 0.2) is 65.0 Å². The van der Waals surface area contributed by atoms with E-state index in [0.29, 0.717) is 9.40 Å². The Morgan fingerprint density at radius 1 is 0.556 bits per heavy atom. The van der Waals surface area contributed by atoms with Crippen LogP contribution >= 0.6 is 86.4 Å². The predicted octanol–water partition coefficient (Wildman–Crippen LogP) is 12.5. The van der Waals surface area contributed by atoms with E-state index in [1.54, 1.807) is 35.0 Å². The van der Waals surface area contributed by atoms with E-state index >= 15 is 0 Å². The van der Waals surface area contributed by atoms with Gasteiger partial charge in [-0.2, -0.15) is 26.3 Å². The largest absolute Gasteiger partial charge is 0.418 e. The highest BCUT2D eigenvalue weighted by Gasteiger charge is 2.46. The summed E-state index contributed by atoms with van der Waals surface area (Å²) in [5, 5.41) is 5.05. The average molecular weight is 794 g/mol. The van der Waals surface area contributed by atoms with E-state index in [4.69, 9.17) is 0 Å². The molecular formula is C24H8Br4F6S2. The van der Waals surface area contributed by atoms with E-state index in [-0.39, 0.29) is 20.1 Å². The summed E-state index contributed by atoms with van der Waals surface area (Å²) in [6.45, 7) is 0. The van der Waals surface area contributed by atoms with Crippen molar-refractivity contribution in [1.82, 2.24) is 0 Å². The summed E-state index contributed by atoms with van der Waals surface area (Å²) in [5.41, 5.74) is -3.61. The molecule has 186 valence electrons. The normalized spacial score (nSPS) is 12.7. The van der Waals surface area contributed by atoms with Crippen molar-refractivity contribution in [2.24, 2.45) is 0 Å². The summed E-state index contributed by atoms with van der Waals surface area (Å²) >= 11 is 15.1. The van der Waals surface area contributed by atoms with Gasteiger partial charge in [-0.1, -0.05) is 31.9 Å². The highest BCUT2D eigenvalue weighted by molar-refractivity contribution is 9.11. The van der Waals surface area contributed by atoms with Crippen molar-refractivity contribution in [2.45, 2.75) is 12.4 Å². The first-order valence-electron chi connectivity index (χ1n) is 9.82. The molecule has 0 unspecified atom stereocenters. The second kappa shape index (κ2) is 9.37. The number of fused-ring (bicyclic) bond motifs is 2. The second-order valence-electron chi connectivity index (χ2n) is 7.70. The molecule has 2 aromatic heterocycles. The predicted molar refractivity (Wildman–Crippen MR) is 149 cm³/mol. The Morgan fingerprint density at radius 3 is 1.25 bits per heavy atom. The fraction of sp³-hybridized carbons (Fsp3) is 0.0833. The first-order chi connectivity index (χ1) is 16.8. The van der Waals surface area contributed by atoms with Crippen molar-refractivity contribution in [3.05, 3.63) is 76.2 Å². The molecule has 0 saturated carbocycles. The van der Waals surface area contributed by atoms with Crippen LogP contribution in [0.2, 0.25) is 0 Å². The molecule has 36 heavy (non-hydrogen) atoms. The average Bonchev–Trinajstić information content (AvgIpc) is 3.40. The molecular weight excluding hydrogens is 786 g/mol. The third-order valence-corrected chi connectivity index (χ3v) is 10.2. The first kappa shape index (κ1) is 26.7. The molecule has 0 aliphatic rings. The lowest BCUT2D eigenvalue weighted by Crippen LogP contribution is -2.16. The number of hydrogen-bond acceptors (Lipinski definition) is 2. The van der Waals surface area contributed by atoms with E-state index in [1.807, 2.05) is 0 Å². The summed E-state index contributed by atoms with van der Waals surface area (Å²) in [5.74, 6) is 0. The van der Waals surface area contributed by atoms with Gasteiger partial charge in [0.15, 0.2) is 0 Å². The molecule has 0 radical (unpaired) electrons. The highest BCUT2D eigenvalue weighted by atomic mass is 79.9. The maximum absolute atomic E-state index is 14.6. The molecule has 0 bridgehead atoms. The molecule has 5 rings (SSSR count). The van der Waals surface area contributed by atoms with Gasteiger partial charge in [0.2, 0.25) is 0 Å². The highest BCUT2D eigenvalue weighted by Crippen LogP contribution is 2.57. The Labute approximate surface area is 241 Å². The number of halogens is 10. The lowest BCUT2D eigenvalue weighted by atomic mass is 9.89. The minimum Gasteiger partial charge on any atom is -0.166 e. The zero-order valence-electron chi connectivity index (χ0n) is 17.2. The Bertz CT molecular complexity index is 1540. The van der Waals surface area contributed by atoms with Crippen LogP contribution in [0, 0.1) is 0 Å². The van der Waals surface area contributed by atoms with Gasteiger partial charge in [-0.05, 0) is 101 Å². The van der Waals surface area contributed by atoms with Gasteiger partial charge in [0, 0.05) is 38.4 Å². The van der Waals surface area contributed by atoms with Crippen molar-refractivity contribution >= 4 is 107 Å². The molecule has 0 aliphatic carbocycles. The van der Waals surface area contributed by atoms with E-state index < -0.39 is 43.6 Å². The third kappa shape index (κ3) is 4.49. The standard InChI is InChI=1S/C24H8Br4F6S2/c25-13-5-9-1-3-35-15(9)7-11(13)17-19(23(29,30)31)22(28)18(20(21(17)27)24(32,33)34)12-8-16-10(2-4-36-16)6-14(12)26/h1-8H. The van der Waals surface area contributed by atoms with Gasteiger partial charge < -0.3 is 0 Å². The van der Waals surface area contributed by atoms with Crippen LogP contribution in [0.5, 0.6) is 0 Å². The summed E-state index contributed by atoms with van der Waals surface area (Å²) < 4.78 is 88.2. The van der Waals surface area contributed by atoms with Gasteiger partial charge in [0.25, 0.3) is 0 Å².